The first-order chi connectivity index (χ1) is 13.7. The minimum atomic E-state index is -0.206. The number of hydrogen-bond acceptors (Lipinski definition) is 1. The first kappa shape index (κ1) is 21.0. The van der Waals surface area contributed by atoms with Crippen LogP contribution in [0.3, 0.4) is 0 Å². The summed E-state index contributed by atoms with van der Waals surface area (Å²) < 4.78 is 6.78. The van der Waals surface area contributed by atoms with E-state index in [-0.39, 0.29) is 11.0 Å². The largest absolute Gasteiger partial charge is 0.487 e. The Morgan fingerprint density at radius 2 is 1.72 bits per heavy atom. The maximum Gasteiger partial charge on any atom is 0.135 e. The molecule has 0 aromatic rings. The van der Waals surface area contributed by atoms with Gasteiger partial charge in [-0.05, 0) is 86.5 Å². The van der Waals surface area contributed by atoms with Crippen molar-refractivity contribution in [3.8, 4) is 0 Å². The summed E-state index contributed by atoms with van der Waals surface area (Å²) in [6.07, 6.45) is 14.5. The molecule has 0 heterocycles. The minimum Gasteiger partial charge on any atom is -0.487 e. The van der Waals surface area contributed by atoms with Gasteiger partial charge in [0.15, 0.2) is 0 Å². The normalized spacial score (nSPS) is 43.7. The van der Waals surface area contributed by atoms with Crippen molar-refractivity contribution in [3.63, 3.8) is 0 Å². The van der Waals surface area contributed by atoms with Crippen LogP contribution in [0, 0.1) is 28.6 Å². The van der Waals surface area contributed by atoms with E-state index in [1.54, 1.807) is 5.57 Å². The SMILES string of the molecule is C=C1C=C2CCC3[C@H](CCC4(C)[C@H]3CC[C@]4(OC(=C)CC)C(=C)CC)C2(C)CC1. The van der Waals surface area contributed by atoms with Crippen molar-refractivity contribution in [3.05, 3.63) is 48.3 Å². The van der Waals surface area contributed by atoms with E-state index in [1.807, 2.05) is 0 Å². The lowest BCUT2D eigenvalue weighted by molar-refractivity contribution is -0.121. The van der Waals surface area contributed by atoms with Gasteiger partial charge in [-0.3, -0.25) is 0 Å². The summed E-state index contributed by atoms with van der Waals surface area (Å²) in [6.45, 7) is 22.6. The lowest BCUT2D eigenvalue weighted by atomic mass is 9.46. The molecule has 0 aromatic carbocycles. The van der Waals surface area contributed by atoms with Gasteiger partial charge in [0.05, 0.1) is 5.76 Å². The van der Waals surface area contributed by atoms with Gasteiger partial charge < -0.3 is 4.74 Å². The minimum absolute atomic E-state index is 0.190. The Hall–Kier alpha value is -1.24. The molecule has 1 heteroatoms. The molecule has 3 unspecified atom stereocenters. The van der Waals surface area contributed by atoms with Gasteiger partial charge in [0, 0.05) is 11.8 Å². The van der Waals surface area contributed by atoms with Crippen molar-refractivity contribution in [2.24, 2.45) is 28.6 Å². The summed E-state index contributed by atoms with van der Waals surface area (Å²) >= 11 is 0. The molecule has 0 aliphatic heterocycles. The quantitative estimate of drug-likeness (QED) is 0.337. The molecular weight excluding hydrogens is 352 g/mol. The molecule has 160 valence electrons. The van der Waals surface area contributed by atoms with Crippen LogP contribution in [0.5, 0.6) is 0 Å². The van der Waals surface area contributed by atoms with Crippen molar-refractivity contribution in [1.29, 1.82) is 0 Å². The molecule has 3 saturated carbocycles. The van der Waals surface area contributed by atoms with Crippen LogP contribution in [0.2, 0.25) is 0 Å². The molecule has 0 amide bonds. The van der Waals surface area contributed by atoms with Crippen LogP contribution in [0.15, 0.2) is 48.3 Å². The third-order valence-corrected chi connectivity index (χ3v) is 9.91. The van der Waals surface area contributed by atoms with E-state index in [2.05, 4.69) is 53.5 Å². The molecule has 0 saturated heterocycles. The van der Waals surface area contributed by atoms with Crippen LogP contribution >= 0.6 is 0 Å². The van der Waals surface area contributed by atoms with Gasteiger partial charge >= 0.3 is 0 Å². The first-order valence-electron chi connectivity index (χ1n) is 12.2. The van der Waals surface area contributed by atoms with E-state index >= 15 is 0 Å². The van der Waals surface area contributed by atoms with Gasteiger partial charge in [0.1, 0.15) is 5.60 Å². The van der Waals surface area contributed by atoms with Gasteiger partial charge in [-0.2, -0.15) is 0 Å². The van der Waals surface area contributed by atoms with E-state index in [4.69, 9.17) is 4.74 Å². The topological polar surface area (TPSA) is 9.23 Å². The highest BCUT2D eigenvalue weighted by Crippen LogP contribution is 2.69. The van der Waals surface area contributed by atoms with Crippen molar-refractivity contribution in [2.75, 3.05) is 0 Å². The maximum absolute atomic E-state index is 6.78. The Balaban J connectivity index is 1.69. The Morgan fingerprint density at radius 1 is 1.00 bits per heavy atom. The van der Waals surface area contributed by atoms with Gasteiger partial charge in [-0.25, -0.2) is 0 Å². The monoisotopic (exact) mass is 394 g/mol. The second kappa shape index (κ2) is 7.17. The van der Waals surface area contributed by atoms with Gasteiger partial charge in [0.25, 0.3) is 0 Å². The molecule has 0 spiro atoms. The zero-order valence-corrected chi connectivity index (χ0v) is 19.4. The highest BCUT2D eigenvalue weighted by atomic mass is 16.5. The van der Waals surface area contributed by atoms with Crippen LogP contribution in [0.25, 0.3) is 0 Å². The molecule has 4 aliphatic carbocycles. The average Bonchev–Trinajstić information content (AvgIpc) is 3.01. The van der Waals surface area contributed by atoms with Gasteiger partial charge in [-0.1, -0.05) is 64.7 Å². The van der Waals surface area contributed by atoms with Crippen LogP contribution in [0.1, 0.15) is 91.9 Å². The fourth-order valence-electron chi connectivity index (χ4n) is 8.07. The Labute approximate surface area is 179 Å². The second-order valence-corrected chi connectivity index (χ2v) is 10.9. The summed E-state index contributed by atoms with van der Waals surface area (Å²) in [6, 6.07) is 0. The molecular formula is C28H42O. The van der Waals surface area contributed by atoms with Gasteiger partial charge in [0.2, 0.25) is 0 Å². The lowest BCUT2D eigenvalue weighted by Gasteiger charge is -2.60. The van der Waals surface area contributed by atoms with Gasteiger partial charge in [-0.15, -0.1) is 0 Å². The molecule has 1 nitrogen and oxygen atoms in total. The lowest BCUT2D eigenvalue weighted by Crippen LogP contribution is -2.56. The smallest absolute Gasteiger partial charge is 0.135 e. The molecule has 3 fully saturated rings. The Morgan fingerprint density at radius 3 is 2.41 bits per heavy atom. The van der Waals surface area contributed by atoms with E-state index in [0.717, 1.165) is 42.8 Å². The number of ether oxygens (including phenoxy) is 1. The molecule has 6 atom stereocenters. The van der Waals surface area contributed by atoms with E-state index < -0.39 is 0 Å². The molecule has 0 aromatic heterocycles. The molecule has 0 bridgehead atoms. The third kappa shape index (κ3) is 2.86. The van der Waals surface area contributed by atoms with E-state index in [0.29, 0.717) is 5.41 Å². The fraction of sp³-hybridized carbons (Fsp3) is 0.714. The Bertz CT molecular complexity index is 756. The molecule has 0 N–H and O–H groups in total. The fourth-order valence-corrected chi connectivity index (χ4v) is 8.07. The van der Waals surface area contributed by atoms with Crippen molar-refractivity contribution >= 4 is 0 Å². The summed E-state index contributed by atoms with van der Waals surface area (Å²) in [5.41, 5.74) is 4.73. The number of allylic oxidation sites excluding steroid dienone is 4. The zero-order chi connectivity index (χ0) is 21.0. The third-order valence-electron chi connectivity index (χ3n) is 9.91. The van der Waals surface area contributed by atoms with Crippen LogP contribution < -0.4 is 0 Å². The number of hydrogen-bond donors (Lipinski definition) is 0. The highest BCUT2D eigenvalue weighted by molar-refractivity contribution is 5.34. The molecule has 4 aliphatic rings. The highest BCUT2D eigenvalue weighted by Gasteiger charge is 2.66. The average molecular weight is 395 g/mol. The molecule has 0 radical (unpaired) electrons. The van der Waals surface area contributed by atoms with Crippen molar-refractivity contribution in [2.45, 2.75) is 97.5 Å². The maximum atomic E-state index is 6.78. The first-order valence-corrected chi connectivity index (χ1v) is 12.2. The predicted octanol–water partition coefficient (Wildman–Crippen LogP) is 8.15. The summed E-state index contributed by atoms with van der Waals surface area (Å²) in [4.78, 5) is 0. The van der Waals surface area contributed by atoms with Crippen LogP contribution in [0.4, 0.5) is 0 Å². The van der Waals surface area contributed by atoms with Crippen molar-refractivity contribution < 1.29 is 4.74 Å². The molecule has 29 heavy (non-hydrogen) atoms. The summed E-state index contributed by atoms with van der Waals surface area (Å²) in [5, 5.41) is 0. The number of rotatable bonds is 5. The molecule has 4 rings (SSSR count). The van der Waals surface area contributed by atoms with Crippen LogP contribution in [-0.4, -0.2) is 5.60 Å². The number of fused-ring (bicyclic) bond motifs is 5. The predicted molar refractivity (Wildman–Crippen MR) is 124 cm³/mol. The van der Waals surface area contributed by atoms with Crippen molar-refractivity contribution in [1.82, 2.24) is 0 Å². The zero-order valence-electron chi connectivity index (χ0n) is 19.4. The second-order valence-electron chi connectivity index (χ2n) is 10.9. The van der Waals surface area contributed by atoms with Crippen LogP contribution in [-0.2, 0) is 4.74 Å². The summed E-state index contributed by atoms with van der Waals surface area (Å²) in [5.74, 6) is 3.34. The van der Waals surface area contributed by atoms with E-state index in [9.17, 15) is 0 Å². The summed E-state index contributed by atoms with van der Waals surface area (Å²) in [7, 11) is 0. The van der Waals surface area contributed by atoms with E-state index in [1.165, 1.54) is 56.1 Å². The Kier molecular flexibility index (Phi) is 5.20. The standard InChI is InChI=1S/C28H42O/c1-8-20(4)28(29-21(5)9-2)17-14-25-23-11-10-22-18-19(3)12-15-26(22,6)24(23)13-16-27(25,28)7/h18,23-25H,3-5,8-17H2,1-2,6-7H3/t23?,24-,25-,26?,27?,28-/m0/s1.